The predicted octanol–water partition coefficient (Wildman–Crippen LogP) is -0.556. The molecular weight excluding hydrogens is 220 g/mol. The second kappa shape index (κ2) is 4.86. The summed E-state index contributed by atoms with van der Waals surface area (Å²) in [6.07, 6.45) is 1.50. The van der Waals surface area contributed by atoms with Crippen molar-refractivity contribution in [1.29, 1.82) is 5.26 Å². The SMILES string of the molecule is CC(C#N)S(=O)(=O)NCCc1ncon1. The molecule has 0 amide bonds. The fourth-order valence-electron chi connectivity index (χ4n) is 0.802. The minimum absolute atomic E-state index is 0.147. The van der Waals surface area contributed by atoms with Crippen LogP contribution in [0.2, 0.25) is 0 Å². The maximum Gasteiger partial charge on any atom is 0.227 e. The maximum atomic E-state index is 11.3. The molecule has 0 aliphatic heterocycles. The van der Waals surface area contributed by atoms with Crippen molar-refractivity contribution in [3.8, 4) is 6.07 Å². The Hall–Kier alpha value is -1.46. The Balaban J connectivity index is 2.42. The normalized spacial score (nSPS) is 13.3. The Morgan fingerprint density at radius 1 is 1.73 bits per heavy atom. The summed E-state index contributed by atoms with van der Waals surface area (Å²) < 4.78 is 29.3. The molecule has 0 aromatic carbocycles. The number of rotatable bonds is 5. The summed E-state index contributed by atoms with van der Waals surface area (Å²) in [6.45, 7) is 1.46. The van der Waals surface area contributed by atoms with E-state index in [9.17, 15) is 8.42 Å². The van der Waals surface area contributed by atoms with Crippen LogP contribution in [0.3, 0.4) is 0 Å². The average molecular weight is 230 g/mol. The van der Waals surface area contributed by atoms with Gasteiger partial charge in [-0.25, -0.2) is 13.1 Å². The summed E-state index contributed by atoms with van der Waals surface area (Å²) >= 11 is 0. The molecule has 1 aromatic heterocycles. The van der Waals surface area contributed by atoms with Gasteiger partial charge in [0.25, 0.3) is 0 Å². The third kappa shape index (κ3) is 3.30. The van der Waals surface area contributed by atoms with Gasteiger partial charge in [0.2, 0.25) is 16.4 Å². The van der Waals surface area contributed by atoms with Gasteiger partial charge in [0.05, 0.1) is 6.07 Å². The van der Waals surface area contributed by atoms with Gasteiger partial charge in [-0.05, 0) is 6.92 Å². The van der Waals surface area contributed by atoms with Crippen molar-refractivity contribution < 1.29 is 12.9 Å². The van der Waals surface area contributed by atoms with E-state index in [0.29, 0.717) is 12.2 Å². The number of hydrogen-bond acceptors (Lipinski definition) is 6. The molecule has 15 heavy (non-hydrogen) atoms. The standard InChI is InChI=1S/C7H10N4O3S/c1-6(4-8)15(12,13)10-3-2-7-9-5-14-11-7/h5-6,10H,2-3H2,1H3. The molecule has 0 aliphatic rings. The molecule has 0 aliphatic carbocycles. The number of hydrogen-bond donors (Lipinski definition) is 1. The van der Waals surface area contributed by atoms with Crippen molar-refractivity contribution in [3.63, 3.8) is 0 Å². The van der Waals surface area contributed by atoms with E-state index in [0.717, 1.165) is 0 Å². The molecule has 1 atom stereocenters. The number of aromatic nitrogens is 2. The highest BCUT2D eigenvalue weighted by atomic mass is 32.2. The summed E-state index contributed by atoms with van der Waals surface area (Å²) in [5, 5.41) is 10.9. The zero-order valence-electron chi connectivity index (χ0n) is 8.04. The molecule has 0 saturated heterocycles. The number of sulfonamides is 1. The minimum Gasteiger partial charge on any atom is -0.343 e. The molecule has 1 unspecified atom stereocenters. The smallest absolute Gasteiger partial charge is 0.227 e. The molecule has 0 fully saturated rings. The number of nitrogens with one attached hydrogen (secondary N) is 1. The monoisotopic (exact) mass is 230 g/mol. The zero-order chi connectivity index (χ0) is 11.3. The van der Waals surface area contributed by atoms with Crippen LogP contribution in [0.15, 0.2) is 10.9 Å². The Morgan fingerprint density at radius 3 is 3.00 bits per heavy atom. The van der Waals surface area contributed by atoms with E-state index in [1.807, 2.05) is 0 Å². The molecule has 0 bridgehead atoms. The van der Waals surface area contributed by atoms with E-state index in [1.54, 1.807) is 6.07 Å². The van der Waals surface area contributed by atoms with E-state index < -0.39 is 15.3 Å². The summed E-state index contributed by atoms with van der Waals surface area (Å²) in [7, 11) is -3.56. The van der Waals surface area contributed by atoms with Crippen LogP contribution in [-0.4, -0.2) is 30.4 Å². The predicted molar refractivity (Wildman–Crippen MR) is 50.0 cm³/mol. The van der Waals surface area contributed by atoms with Gasteiger partial charge >= 0.3 is 0 Å². The average Bonchev–Trinajstić information content (AvgIpc) is 2.69. The molecule has 8 heteroatoms. The quantitative estimate of drug-likeness (QED) is 0.726. The second-order valence-electron chi connectivity index (χ2n) is 2.81. The Morgan fingerprint density at radius 2 is 2.47 bits per heavy atom. The van der Waals surface area contributed by atoms with Gasteiger partial charge in [-0.1, -0.05) is 5.16 Å². The van der Waals surface area contributed by atoms with Crippen molar-refractivity contribution in [2.75, 3.05) is 6.54 Å². The summed E-state index contributed by atoms with van der Waals surface area (Å²) in [5.41, 5.74) is 0. The molecule has 1 heterocycles. The summed E-state index contributed by atoms with van der Waals surface area (Å²) in [4.78, 5) is 3.72. The molecule has 0 spiro atoms. The highest BCUT2D eigenvalue weighted by Gasteiger charge is 2.19. The van der Waals surface area contributed by atoms with Crippen LogP contribution in [0, 0.1) is 11.3 Å². The first kappa shape index (κ1) is 11.6. The number of nitriles is 1. The van der Waals surface area contributed by atoms with E-state index in [-0.39, 0.29) is 6.54 Å². The highest BCUT2D eigenvalue weighted by molar-refractivity contribution is 7.90. The lowest BCUT2D eigenvalue weighted by molar-refractivity contribution is 0.409. The Labute approximate surface area is 87.1 Å². The van der Waals surface area contributed by atoms with Crippen LogP contribution in [0.25, 0.3) is 0 Å². The van der Waals surface area contributed by atoms with Crippen molar-refractivity contribution >= 4 is 10.0 Å². The van der Waals surface area contributed by atoms with E-state index in [4.69, 9.17) is 5.26 Å². The first-order valence-electron chi connectivity index (χ1n) is 4.19. The van der Waals surface area contributed by atoms with Gasteiger partial charge < -0.3 is 4.52 Å². The lowest BCUT2D eigenvalue weighted by atomic mass is 10.4. The topological polar surface area (TPSA) is 109 Å². The van der Waals surface area contributed by atoms with Gasteiger partial charge in [0.1, 0.15) is 0 Å². The maximum absolute atomic E-state index is 11.3. The van der Waals surface area contributed by atoms with Crippen molar-refractivity contribution in [3.05, 3.63) is 12.2 Å². The lowest BCUT2D eigenvalue weighted by Gasteiger charge is -2.05. The Kier molecular flexibility index (Phi) is 3.76. The molecule has 7 nitrogen and oxygen atoms in total. The Bertz CT molecular complexity index is 433. The van der Waals surface area contributed by atoms with Crippen LogP contribution in [-0.2, 0) is 16.4 Å². The number of nitrogens with zero attached hydrogens (tertiary/aromatic N) is 3. The molecule has 82 valence electrons. The molecule has 1 N–H and O–H groups in total. The first-order valence-corrected chi connectivity index (χ1v) is 5.74. The molecule has 0 saturated carbocycles. The van der Waals surface area contributed by atoms with Crippen molar-refractivity contribution in [2.24, 2.45) is 0 Å². The van der Waals surface area contributed by atoms with Crippen LogP contribution < -0.4 is 4.72 Å². The third-order valence-electron chi connectivity index (χ3n) is 1.71. The van der Waals surface area contributed by atoms with Gasteiger partial charge in [-0.15, -0.1) is 0 Å². The van der Waals surface area contributed by atoms with E-state index >= 15 is 0 Å². The zero-order valence-corrected chi connectivity index (χ0v) is 8.86. The minimum atomic E-state index is -3.56. The lowest BCUT2D eigenvalue weighted by Crippen LogP contribution is -2.33. The van der Waals surface area contributed by atoms with Crippen LogP contribution in [0.1, 0.15) is 12.7 Å². The summed E-state index contributed by atoms with van der Waals surface area (Å²) in [6, 6.07) is 1.65. The molecule has 0 radical (unpaired) electrons. The van der Waals surface area contributed by atoms with Crippen molar-refractivity contribution in [1.82, 2.24) is 14.9 Å². The van der Waals surface area contributed by atoms with Crippen LogP contribution >= 0.6 is 0 Å². The fourth-order valence-corrected chi connectivity index (χ4v) is 1.58. The van der Waals surface area contributed by atoms with Gasteiger partial charge in [-0.2, -0.15) is 10.2 Å². The van der Waals surface area contributed by atoms with E-state index in [2.05, 4.69) is 19.4 Å². The molecular formula is C7H10N4O3S. The van der Waals surface area contributed by atoms with E-state index in [1.165, 1.54) is 13.3 Å². The van der Waals surface area contributed by atoms with Gasteiger partial charge in [-0.3, -0.25) is 0 Å². The second-order valence-corrected chi connectivity index (χ2v) is 4.89. The third-order valence-corrected chi connectivity index (χ3v) is 3.35. The van der Waals surface area contributed by atoms with Gasteiger partial charge in [0, 0.05) is 13.0 Å². The van der Waals surface area contributed by atoms with Crippen LogP contribution in [0.4, 0.5) is 0 Å². The molecule has 1 rings (SSSR count). The highest BCUT2D eigenvalue weighted by Crippen LogP contribution is 1.96. The van der Waals surface area contributed by atoms with Crippen molar-refractivity contribution in [2.45, 2.75) is 18.6 Å². The molecule has 1 aromatic rings. The fraction of sp³-hybridized carbons (Fsp3) is 0.571. The van der Waals surface area contributed by atoms with Gasteiger partial charge in [0.15, 0.2) is 11.1 Å². The largest absolute Gasteiger partial charge is 0.343 e. The first-order chi connectivity index (χ1) is 7.06. The summed E-state index contributed by atoms with van der Waals surface area (Å²) in [5.74, 6) is 0.419. The van der Waals surface area contributed by atoms with Crippen LogP contribution in [0.5, 0.6) is 0 Å².